The number of methoxy groups -OCH3 is 1. The van der Waals surface area contributed by atoms with E-state index in [0.29, 0.717) is 43.2 Å². The van der Waals surface area contributed by atoms with Crippen LogP contribution in [0.5, 0.6) is 11.5 Å². The molecule has 0 atom stereocenters. The lowest BCUT2D eigenvalue weighted by atomic mass is 10.1. The maximum Gasteiger partial charge on any atom is 0.270 e. The molecule has 1 heterocycles. The van der Waals surface area contributed by atoms with Crippen molar-refractivity contribution in [3.63, 3.8) is 0 Å². The number of carbonyl (C=O) groups excluding carboxylic acids is 2. The van der Waals surface area contributed by atoms with Gasteiger partial charge in [-0.05, 0) is 66.2 Å². The number of halogens is 2. The van der Waals surface area contributed by atoms with E-state index in [1.54, 1.807) is 42.5 Å². The van der Waals surface area contributed by atoms with Gasteiger partial charge in [0.1, 0.15) is 12.4 Å². The Morgan fingerprint density at radius 2 is 2.00 bits per heavy atom. The molecule has 0 radical (unpaired) electrons. The SMILES string of the molecule is C#CCOc1c(Cl)cc(/C=C2/SC(=S)N(c3cccc(C(=O)Nc4ccc(F)cc4)c3)C2=O)cc1OC. The number of hydrogen-bond acceptors (Lipinski definition) is 6. The fourth-order valence-electron chi connectivity index (χ4n) is 3.44. The molecule has 186 valence electrons. The molecule has 1 fully saturated rings. The Balaban J connectivity index is 1.57. The van der Waals surface area contributed by atoms with E-state index in [1.807, 2.05) is 0 Å². The van der Waals surface area contributed by atoms with Crippen LogP contribution < -0.4 is 19.7 Å². The van der Waals surface area contributed by atoms with Crippen molar-refractivity contribution in [2.24, 2.45) is 0 Å². The van der Waals surface area contributed by atoms with E-state index in [2.05, 4.69) is 11.2 Å². The van der Waals surface area contributed by atoms with Gasteiger partial charge in [-0.3, -0.25) is 14.5 Å². The molecule has 2 amide bonds. The van der Waals surface area contributed by atoms with Crippen molar-refractivity contribution >= 4 is 69.2 Å². The van der Waals surface area contributed by atoms with Gasteiger partial charge < -0.3 is 14.8 Å². The van der Waals surface area contributed by atoms with Gasteiger partial charge in [0.15, 0.2) is 15.8 Å². The Morgan fingerprint density at radius 1 is 1.24 bits per heavy atom. The number of thiocarbonyl (C=S) groups is 1. The largest absolute Gasteiger partial charge is 0.493 e. The quantitative estimate of drug-likeness (QED) is 0.215. The Labute approximate surface area is 227 Å². The molecule has 37 heavy (non-hydrogen) atoms. The fraction of sp³-hybridized carbons (Fsp3) is 0.0741. The topological polar surface area (TPSA) is 67.9 Å². The molecule has 1 saturated heterocycles. The van der Waals surface area contributed by atoms with Crippen LogP contribution in [0.2, 0.25) is 5.02 Å². The Kier molecular flexibility index (Phi) is 8.14. The number of terminal acetylenes is 1. The van der Waals surface area contributed by atoms with Crippen molar-refractivity contribution in [1.29, 1.82) is 0 Å². The number of benzene rings is 3. The van der Waals surface area contributed by atoms with E-state index >= 15 is 0 Å². The molecule has 10 heteroatoms. The van der Waals surface area contributed by atoms with Gasteiger partial charge in [0.05, 0.1) is 22.7 Å². The van der Waals surface area contributed by atoms with Gasteiger partial charge in [0.2, 0.25) is 0 Å². The molecule has 0 spiro atoms. The average molecular weight is 553 g/mol. The Hall–Kier alpha value is -3.84. The first-order valence-electron chi connectivity index (χ1n) is 10.7. The first-order chi connectivity index (χ1) is 17.8. The average Bonchev–Trinajstić information content (AvgIpc) is 3.16. The standard InChI is InChI=1S/C27H18ClFN2O4S2/c1-3-11-35-24-21(28)12-16(13-22(24)34-2)14-23-26(33)31(27(36)37-23)20-6-4-5-17(15-20)25(32)30-19-9-7-18(29)8-10-19/h1,4-10,12-15H,11H2,2H3,(H,30,32)/b23-14+. The highest BCUT2D eigenvalue weighted by Gasteiger charge is 2.33. The lowest BCUT2D eigenvalue weighted by Gasteiger charge is -2.15. The van der Waals surface area contributed by atoms with Gasteiger partial charge in [-0.2, -0.15) is 0 Å². The molecule has 6 nitrogen and oxygen atoms in total. The predicted octanol–water partition coefficient (Wildman–Crippen LogP) is 6.16. The summed E-state index contributed by atoms with van der Waals surface area (Å²) in [6.45, 7) is 0.0229. The minimum absolute atomic E-state index is 0.0229. The molecule has 3 aromatic rings. The number of amides is 2. The lowest BCUT2D eigenvalue weighted by molar-refractivity contribution is -0.113. The van der Waals surface area contributed by atoms with E-state index < -0.39 is 11.7 Å². The summed E-state index contributed by atoms with van der Waals surface area (Å²) in [5.74, 6) is 1.87. The summed E-state index contributed by atoms with van der Waals surface area (Å²) < 4.78 is 24.3. The molecule has 0 saturated carbocycles. The smallest absolute Gasteiger partial charge is 0.270 e. The minimum atomic E-state index is -0.414. The molecule has 0 aliphatic carbocycles. The number of thioether (sulfide) groups is 1. The molecule has 0 bridgehead atoms. The summed E-state index contributed by atoms with van der Waals surface area (Å²) in [4.78, 5) is 27.7. The van der Waals surface area contributed by atoms with Crippen LogP contribution in [-0.4, -0.2) is 29.9 Å². The summed E-state index contributed by atoms with van der Waals surface area (Å²) in [5.41, 5.74) is 1.78. The second kappa shape index (κ2) is 11.5. The second-order valence-corrected chi connectivity index (χ2v) is 9.64. The van der Waals surface area contributed by atoms with E-state index in [1.165, 1.54) is 36.3 Å². The van der Waals surface area contributed by atoms with Crippen molar-refractivity contribution in [3.8, 4) is 23.8 Å². The molecule has 0 aromatic heterocycles. The normalized spacial score (nSPS) is 14.0. The molecule has 4 rings (SSSR count). The monoisotopic (exact) mass is 552 g/mol. The van der Waals surface area contributed by atoms with E-state index in [0.717, 1.165) is 11.8 Å². The second-order valence-electron chi connectivity index (χ2n) is 7.56. The number of ether oxygens (including phenoxy) is 2. The van der Waals surface area contributed by atoms with Crippen LogP contribution in [0.25, 0.3) is 6.08 Å². The van der Waals surface area contributed by atoms with Gasteiger partial charge in [-0.15, -0.1) is 6.42 Å². The summed E-state index contributed by atoms with van der Waals surface area (Å²) >= 11 is 12.9. The number of carbonyl (C=O) groups is 2. The van der Waals surface area contributed by atoms with Gasteiger partial charge in [0, 0.05) is 11.3 Å². The lowest BCUT2D eigenvalue weighted by Crippen LogP contribution is -2.27. The van der Waals surface area contributed by atoms with Crippen LogP contribution in [0.1, 0.15) is 15.9 Å². The van der Waals surface area contributed by atoms with Crippen LogP contribution in [0.3, 0.4) is 0 Å². The molecular formula is C27H18ClFN2O4S2. The zero-order valence-corrected chi connectivity index (χ0v) is 21.7. The molecule has 1 aliphatic rings. The van der Waals surface area contributed by atoms with Crippen molar-refractivity contribution in [2.45, 2.75) is 0 Å². The molecule has 1 N–H and O–H groups in total. The first kappa shape index (κ1) is 26.2. The summed E-state index contributed by atoms with van der Waals surface area (Å²) in [7, 11) is 1.47. The number of nitrogens with zero attached hydrogens (tertiary/aromatic N) is 1. The van der Waals surface area contributed by atoms with Crippen LogP contribution >= 0.6 is 35.6 Å². The molecule has 1 aliphatic heterocycles. The maximum atomic E-state index is 13.3. The number of anilines is 2. The summed E-state index contributed by atoms with van der Waals surface area (Å²) in [5, 5.41) is 2.97. The molecule has 3 aromatic carbocycles. The summed E-state index contributed by atoms with van der Waals surface area (Å²) in [6.07, 6.45) is 6.89. The summed E-state index contributed by atoms with van der Waals surface area (Å²) in [6, 6.07) is 15.2. The van der Waals surface area contributed by atoms with Crippen molar-refractivity contribution in [3.05, 3.63) is 87.5 Å². The van der Waals surface area contributed by atoms with Crippen LogP contribution in [0.15, 0.2) is 65.6 Å². The van der Waals surface area contributed by atoms with Gasteiger partial charge >= 0.3 is 0 Å². The zero-order chi connectivity index (χ0) is 26.5. The molecular weight excluding hydrogens is 535 g/mol. The van der Waals surface area contributed by atoms with Crippen LogP contribution in [0.4, 0.5) is 15.8 Å². The van der Waals surface area contributed by atoms with Crippen molar-refractivity contribution < 1.29 is 23.5 Å². The van der Waals surface area contributed by atoms with Crippen molar-refractivity contribution in [2.75, 3.05) is 23.9 Å². The number of nitrogens with one attached hydrogen (secondary N) is 1. The highest BCUT2D eigenvalue weighted by atomic mass is 35.5. The van der Waals surface area contributed by atoms with E-state index in [9.17, 15) is 14.0 Å². The Bertz CT molecular complexity index is 1470. The minimum Gasteiger partial charge on any atom is -0.493 e. The zero-order valence-electron chi connectivity index (χ0n) is 19.3. The number of rotatable bonds is 7. The van der Waals surface area contributed by atoms with Gasteiger partial charge in [-0.1, -0.05) is 47.6 Å². The van der Waals surface area contributed by atoms with Crippen LogP contribution in [-0.2, 0) is 4.79 Å². The van der Waals surface area contributed by atoms with E-state index in [-0.39, 0.29) is 17.5 Å². The third-order valence-electron chi connectivity index (χ3n) is 5.11. The van der Waals surface area contributed by atoms with Gasteiger partial charge in [-0.25, -0.2) is 4.39 Å². The van der Waals surface area contributed by atoms with Crippen LogP contribution in [0, 0.1) is 18.2 Å². The predicted molar refractivity (Wildman–Crippen MR) is 149 cm³/mol. The highest BCUT2D eigenvalue weighted by molar-refractivity contribution is 8.27. The molecule has 0 unspecified atom stereocenters. The highest BCUT2D eigenvalue weighted by Crippen LogP contribution is 2.40. The third kappa shape index (κ3) is 5.94. The first-order valence-corrected chi connectivity index (χ1v) is 12.3. The number of hydrogen-bond donors (Lipinski definition) is 1. The van der Waals surface area contributed by atoms with E-state index in [4.69, 9.17) is 39.7 Å². The fourth-order valence-corrected chi connectivity index (χ4v) is 5.01. The van der Waals surface area contributed by atoms with Gasteiger partial charge in [0.25, 0.3) is 11.8 Å². The maximum absolute atomic E-state index is 13.3. The Morgan fingerprint density at radius 3 is 2.70 bits per heavy atom. The third-order valence-corrected chi connectivity index (χ3v) is 6.69. The van der Waals surface area contributed by atoms with Crippen molar-refractivity contribution in [1.82, 2.24) is 0 Å².